The van der Waals surface area contributed by atoms with Crippen LogP contribution in [-0.4, -0.2) is 26.1 Å². The van der Waals surface area contributed by atoms with Gasteiger partial charge in [0.15, 0.2) is 5.65 Å². The van der Waals surface area contributed by atoms with E-state index < -0.39 is 0 Å². The highest BCUT2D eigenvalue weighted by Gasteiger charge is 2.03. The largest absolute Gasteiger partial charge is 0.370 e. The SMILES string of the molecule is Cc1cc(NCCc2cscn2)n2ncnc2c1. The summed E-state index contributed by atoms with van der Waals surface area (Å²) >= 11 is 1.63. The van der Waals surface area contributed by atoms with Crippen molar-refractivity contribution in [2.24, 2.45) is 0 Å². The topological polar surface area (TPSA) is 55.1 Å². The molecule has 5 nitrogen and oxygen atoms in total. The van der Waals surface area contributed by atoms with Crippen LogP contribution in [0.15, 0.2) is 29.4 Å². The van der Waals surface area contributed by atoms with Gasteiger partial charge in [-0.2, -0.15) is 9.61 Å². The lowest BCUT2D eigenvalue weighted by Crippen LogP contribution is -2.09. The van der Waals surface area contributed by atoms with Gasteiger partial charge in [-0.05, 0) is 24.6 Å². The van der Waals surface area contributed by atoms with Crippen molar-refractivity contribution >= 4 is 22.8 Å². The molecule has 0 saturated carbocycles. The molecule has 0 fully saturated rings. The maximum absolute atomic E-state index is 4.26. The Hall–Kier alpha value is -1.95. The molecule has 92 valence electrons. The molecule has 0 spiro atoms. The summed E-state index contributed by atoms with van der Waals surface area (Å²) in [6.45, 7) is 2.89. The average Bonchev–Trinajstić information content (AvgIpc) is 2.98. The van der Waals surface area contributed by atoms with E-state index in [-0.39, 0.29) is 0 Å². The lowest BCUT2D eigenvalue weighted by Gasteiger charge is -2.08. The summed E-state index contributed by atoms with van der Waals surface area (Å²) in [6.07, 6.45) is 2.48. The van der Waals surface area contributed by atoms with Gasteiger partial charge in [0, 0.05) is 18.3 Å². The smallest absolute Gasteiger partial charge is 0.157 e. The molecule has 3 heterocycles. The number of hydrogen-bond acceptors (Lipinski definition) is 5. The van der Waals surface area contributed by atoms with Crippen LogP contribution in [0.25, 0.3) is 5.65 Å². The fourth-order valence-electron chi connectivity index (χ4n) is 1.86. The van der Waals surface area contributed by atoms with E-state index in [4.69, 9.17) is 0 Å². The minimum absolute atomic E-state index is 0.835. The molecule has 0 amide bonds. The molecule has 6 heteroatoms. The molecule has 0 aliphatic heterocycles. The molecule has 3 aromatic rings. The third kappa shape index (κ3) is 2.19. The summed E-state index contributed by atoms with van der Waals surface area (Å²) < 4.78 is 1.81. The van der Waals surface area contributed by atoms with Crippen molar-refractivity contribution < 1.29 is 0 Å². The average molecular weight is 259 g/mol. The molecule has 3 rings (SSSR count). The Balaban J connectivity index is 1.75. The van der Waals surface area contributed by atoms with Crippen LogP contribution >= 0.6 is 11.3 Å². The Morgan fingerprint density at radius 2 is 2.28 bits per heavy atom. The fourth-order valence-corrected chi connectivity index (χ4v) is 2.46. The Labute approximate surface area is 109 Å². The summed E-state index contributed by atoms with van der Waals surface area (Å²) in [6, 6.07) is 4.08. The first-order chi connectivity index (χ1) is 8.83. The van der Waals surface area contributed by atoms with Gasteiger partial charge in [0.05, 0.1) is 11.2 Å². The van der Waals surface area contributed by atoms with Gasteiger partial charge in [-0.15, -0.1) is 11.3 Å². The third-order valence-electron chi connectivity index (χ3n) is 2.69. The van der Waals surface area contributed by atoms with Gasteiger partial charge in [0.25, 0.3) is 0 Å². The number of hydrogen-bond donors (Lipinski definition) is 1. The lowest BCUT2D eigenvalue weighted by atomic mass is 10.3. The maximum atomic E-state index is 4.26. The highest BCUT2D eigenvalue weighted by molar-refractivity contribution is 7.07. The van der Waals surface area contributed by atoms with Crippen LogP contribution in [0.3, 0.4) is 0 Å². The number of aryl methyl sites for hydroxylation is 1. The van der Waals surface area contributed by atoms with Gasteiger partial charge in [-0.3, -0.25) is 0 Å². The molecule has 0 aliphatic carbocycles. The zero-order valence-electron chi connectivity index (χ0n) is 10.00. The predicted molar refractivity (Wildman–Crippen MR) is 72.0 cm³/mol. The molecular weight excluding hydrogens is 246 g/mol. The second-order valence-corrected chi connectivity index (χ2v) is 4.82. The van der Waals surface area contributed by atoms with Crippen molar-refractivity contribution in [1.82, 2.24) is 19.6 Å². The van der Waals surface area contributed by atoms with Crippen molar-refractivity contribution in [2.75, 3.05) is 11.9 Å². The lowest BCUT2D eigenvalue weighted by molar-refractivity contribution is 0.915. The number of pyridine rings is 1. The first-order valence-corrected chi connectivity index (χ1v) is 6.68. The molecular formula is C12H13N5S. The summed E-state index contributed by atoms with van der Waals surface area (Å²) in [5, 5.41) is 9.66. The number of aromatic nitrogens is 4. The van der Waals surface area contributed by atoms with Crippen LogP contribution in [0.5, 0.6) is 0 Å². The standard InChI is InChI=1S/C12H13N5S/c1-9-4-11(17-12(5-9)14-7-16-17)13-3-2-10-6-18-8-15-10/h4-8,13H,2-3H2,1H3. The first-order valence-electron chi connectivity index (χ1n) is 5.74. The maximum Gasteiger partial charge on any atom is 0.157 e. The first kappa shape index (κ1) is 11.2. The zero-order valence-corrected chi connectivity index (χ0v) is 10.8. The summed E-state index contributed by atoms with van der Waals surface area (Å²) in [4.78, 5) is 8.46. The molecule has 0 aliphatic rings. The minimum atomic E-state index is 0.835. The molecule has 0 radical (unpaired) electrons. The van der Waals surface area contributed by atoms with Crippen molar-refractivity contribution in [1.29, 1.82) is 0 Å². The number of anilines is 1. The summed E-state index contributed by atoms with van der Waals surface area (Å²) in [7, 11) is 0. The number of nitrogens with one attached hydrogen (secondary N) is 1. The fraction of sp³-hybridized carbons (Fsp3) is 0.250. The molecule has 0 atom stereocenters. The quantitative estimate of drug-likeness (QED) is 0.780. The van der Waals surface area contributed by atoms with E-state index in [1.807, 2.05) is 16.1 Å². The highest BCUT2D eigenvalue weighted by Crippen LogP contribution is 2.13. The molecule has 0 aromatic carbocycles. The van der Waals surface area contributed by atoms with Crippen LogP contribution in [-0.2, 0) is 6.42 Å². The minimum Gasteiger partial charge on any atom is -0.370 e. The zero-order chi connectivity index (χ0) is 12.4. The van der Waals surface area contributed by atoms with Gasteiger partial charge < -0.3 is 5.32 Å². The second-order valence-electron chi connectivity index (χ2n) is 4.10. The normalized spacial score (nSPS) is 10.9. The Morgan fingerprint density at radius 3 is 3.11 bits per heavy atom. The monoisotopic (exact) mass is 259 g/mol. The molecule has 3 aromatic heterocycles. The highest BCUT2D eigenvalue weighted by atomic mass is 32.1. The summed E-state index contributed by atoms with van der Waals surface area (Å²) in [5.74, 6) is 0.970. The van der Waals surface area contributed by atoms with Crippen LogP contribution in [0.2, 0.25) is 0 Å². The molecule has 1 N–H and O–H groups in total. The van der Waals surface area contributed by atoms with Crippen LogP contribution in [0.1, 0.15) is 11.3 Å². The van der Waals surface area contributed by atoms with E-state index >= 15 is 0 Å². The third-order valence-corrected chi connectivity index (χ3v) is 3.33. The van der Waals surface area contributed by atoms with Gasteiger partial charge in [0.2, 0.25) is 0 Å². The number of rotatable bonds is 4. The van der Waals surface area contributed by atoms with E-state index in [1.165, 1.54) is 5.56 Å². The second kappa shape index (κ2) is 4.73. The molecule has 0 unspecified atom stereocenters. The van der Waals surface area contributed by atoms with Crippen molar-refractivity contribution in [3.63, 3.8) is 0 Å². The Kier molecular flexibility index (Phi) is 2.93. The Bertz CT molecular complexity index is 644. The van der Waals surface area contributed by atoms with Crippen LogP contribution in [0, 0.1) is 6.92 Å². The van der Waals surface area contributed by atoms with E-state index in [9.17, 15) is 0 Å². The Morgan fingerprint density at radius 1 is 1.33 bits per heavy atom. The molecule has 0 saturated heterocycles. The van der Waals surface area contributed by atoms with Gasteiger partial charge >= 0.3 is 0 Å². The van der Waals surface area contributed by atoms with Gasteiger partial charge in [0.1, 0.15) is 12.1 Å². The van der Waals surface area contributed by atoms with Gasteiger partial charge in [-0.1, -0.05) is 0 Å². The summed E-state index contributed by atoms with van der Waals surface area (Å²) in [5.41, 5.74) is 5.02. The van der Waals surface area contributed by atoms with Crippen molar-refractivity contribution in [2.45, 2.75) is 13.3 Å². The molecule has 0 bridgehead atoms. The van der Waals surface area contributed by atoms with Crippen LogP contribution < -0.4 is 5.32 Å². The van der Waals surface area contributed by atoms with E-state index in [1.54, 1.807) is 17.7 Å². The van der Waals surface area contributed by atoms with E-state index in [0.717, 1.165) is 30.1 Å². The van der Waals surface area contributed by atoms with Crippen molar-refractivity contribution in [3.8, 4) is 0 Å². The van der Waals surface area contributed by atoms with E-state index in [2.05, 4.69) is 38.8 Å². The number of nitrogens with zero attached hydrogens (tertiary/aromatic N) is 4. The van der Waals surface area contributed by atoms with Gasteiger partial charge in [-0.25, -0.2) is 9.97 Å². The predicted octanol–water partition coefficient (Wildman–Crippen LogP) is 2.15. The van der Waals surface area contributed by atoms with Crippen molar-refractivity contribution in [3.05, 3.63) is 40.6 Å². The number of fused-ring (bicyclic) bond motifs is 1. The number of thiazole rings is 1. The molecule has 18 heavy (non-hydrogen) atoms. The van der Waals surface area contributed by atoms with E-state index in [0.29, 0.717) is 0 Å². The van der Waals surface area contributed by atoms with Crippen LogP contribution in [0.4, 0.5) is 5.82 Å².